The number of amides is 1. The zero-order valence-corrected chi connectivity index (χ0v) is 16.6. The summed E-state index contributed by atoms with van der Waals surface area (Å²) in [5.74, 6) is 0.393. The lowest BCUT2D eigenvalue weighted by atomic mass is 10.2. The standard InChI is InChI=1S/C18H17ClN4O4S/c1-3-27-12-5-7-14-16(9-12)22-18(21-14)28-10(2)17(24)20-15-8-11(23(25)26)4-6-13(15)19/h4-10H,3H2,1-2H3,(H,20,24)(H,21,22)/t10-/m1/s1. The molecule has 1 aromatic heterocycles. The van der Waals surface area contributed by atoms with E-state index in [-0.39, 0.29) is 22.3 Å². The maximum Gasteiger partial charge on any atom is 0.271 e. The average Bonchev–Trinajstić information content (AvgIpc) is 3.05. The Hall–Kier alpha value is -2.78. The van der Waals surface area contributed by atoms with Crippen LogP contribution in [0.1, 0.15) is 13.8 Å². The van der Waals surface area contributed by atoms with Gasteiger partial charge in [-0.15, -0.1) is 0 Å². The normalized spacial score (nSPS) is 12.0. The molecule has 0 spiro atoms. The lowest BCUT2D eigenvalue weighted by Crippen LogP contribution is -2.22. The van der Waals surface area contributed by atoms with Crippen LogP contribution in [0.3, 0.4) is 0 Å². The van der Waals surface area contributed by atoms with Crippen LogP contribution in [0.5, 0.6) is 5.75 Å². The lowest BCUT2D eigenvalue weighted by Gasteiger charge is -2.11. The number of H-pyrrole nitrogens is 1. The zero-order valence-electron chi connectivity index (χ0n) is 15.1. The third kappa shape index (κ3) is 4.55. The summed E-state index contributed by atoms with van der Waals surface area (Å²) in [6.07, 6.45) is 0. The number of aromatic nitrogens is 2. The van der Waals surface area contributed by atoms with Crippen molar-refractivity contribution < 1.29 is 14.5 Å². The molecule has 0 bridgehead atoms. The van der Waals surface area contributed by atoms with Crippen molar-refractivity contribution in [2.75, 3.05) is 11.9 Å². The Morgan fingerprint density at radius 2 is 2.18 bits per heavy atom. The minimum atomic E-state index is -0.547. The van der Waals surface area contributed by atoms with Gasteiger partial charge in [0, 0.05) is 18.2 Å². The summed E-state index contributed by atoms with van der Waals surface area (Å²) in [5.41, 5.74) is 1.62. The third-order valence-corrected chi connectivity index (χ3v) is 5.13. The number of anilines is 1. The van der Waals surface area contributed by atoms with Gasteiger partial charge in [0.25, 0.3) is 5.69 Å². The summed E-state index contributed by atoms with van der Waals surface area (Å²) < 4.78 is 5.47. The topological polar surface area (TPSA) is 110 Å². The molecule has 0 fully saturated rings. The fourth-order valence-corrected chi connectivity index (χ4v) is 3.44. The minimum absolute atomic E-state index is 0.151. The van der Waals surface area contributed by atoms with Gasteiger partial charge in [-0.2, -0.15) is 0 Å². The van der Waals surface area contributed by atoms with E-state index < -0.39 is 10.2 Å². The maximum atomic E-state index is 12.5. The molecule has 0 aliphatic carbocycles. The van der Waals surface area contributed by atoms with Gasteiger partial charge in [0.2, 0.25) is 5.91 Å². The van der Waals surface area contributed by atoms with Crippen molar-refractivity contribution in [1.29, 1.82) is 0 Å². The highest BCUT2D eigenvalue weighted by atomic mass is 35.5. The molecule has 2 N–H and O–H groups in total. The number of nitrogens with zero attached hydrogens (tertiary/aromatic N) is 2. The number of carbonyl (C=O) groups is 1. The van der Waals surface area contributed by atoms with Crippen LogP contribution in [0.4, 0.5) is 11.4 Å². The molecule has 2 aromatic carbocycles. The number of ether oxygens (including phenoxy) is 1. The van der Waals surface area contributed by atoms with E-state index in [0.29, 0.717) is 11.8 Å². The van der Waals surface area contributed by atoms with Gasteiger partial charge in [0.05, 0.1) is 38.5 Å². The van der Waals surface area contributed by atoms with E-state index in [9.17, 15) is 14.9 Å². The SMILES string of the molecule is CCOc1ccc2nc(S[C@H](C)C(=O)Nc3cc([N+](=O)[O-])ccc3Cl)[nH]c2c1. The van der Waals surface area contributed by atoms with Crippen LogP contribution in [0.15, 0.2) is 41.6 Å². The summed E-state index contributed by atoms with van der Waals surface area (Å²) >= 11 is 7.27. The molecule has 146 valence electrons. The Morgan fingerprint density at radius 3 is 2.89 bits per heavy atom. The molecule has 0 aliphatic rings. The summed E-state index contributed by atoms with van der Waals surface area (Å²) in [4.78, 5) is 30.4. The molecule has 0 radical (unpaired) electrons. The van der Waals surface area contributed by atoms with Crippen molar-refractivity contribution >= 4 is 51.7 Å². The molecule has 0 unspecified atom stereocenters. The number of nitro benzene ring substituents is 1. The lowest BCUT2D eigenvalue weighted by molar-refractivity contribution is -0.384. The number of hydrogen-bond donors (Lipinski definition) is 2. The van der Waals surface area contributed by atoms with Crippen molar-refractivity contribution in [2.24, 2.45) is 0 Å². The third-order valence-electron chi connectivity index (χ3n) is 3.82. The predicted octanol–water partition coefficient (Wildman–Crippen LogP) is 4.64. The number of imidazole rings is 1. The molecule has 1 atom stereocenters. The van der Waals surface area contributed by atoms with Gasteiger partial charge in [0.15, 0.2) is 5.16 Å². The van der Waals surface area contributed by atoms with Crippen molar-refractivity contribution in [2.45, 2.75) is 24.3 Å². The van der Waals surface area contributed by atoms with Crippen molar-refractivity contribution in [3.63, 3.8) is 0 Å². The second-order valence-corrected chi connectivity index (χ2v) is 7.56. The van der Waals surface area contributed by atoms with Gasteiger partial charge in [-0.25, -0.2) is 4.98 Å². The van der Waals surface area contributed by atoms with Gasteiger partial charge in [-0.05, 0) is 32.0 Å². The van der Waals surface area contributed by atoms with E-state index in [1.165, 1.54) is 30.0 Å². The largest absolute Gasteiger partial charge is 0.494 e. The van der Waals surface area contributed by atoms with Crippen molar-refractivity contribution in [3.05, 3.63) is 51.5 Å². The molecule has 1 heterocycles. The van der Waals surface area contributed by atoms with Crippen molar-refractivity contribution in [1.82, 2.24) is 9.97 Å². The van der Waals surface area contributed by atoms with Crippen LogP contribution >= 0.6 is 23.4 Å². The Balaban J connectivity index is 1.71. The first-order valence-electron chi connectivity index (χ1n) is 8.41. The molecule has 10 heteroatoms. The van der Waals surface area contributed by atoms with Crippen molar-refractivity contribution in [3.8, 4) is 5.75 Å². The highest BCUT2D eigenvalue weighted by molar-refractivity contribution is 8.00. The number of thioether (sulfide) groups is 1. The molecular weight excluding hydrogens is 404 g/mol. The fraction of sp³-hybridized carbons (Fsp3) is 0.222. The van der Waals surface area contributed by atoms with E-state index in [0.717, 1.165) is 16.8 Å². The second kappa shape index (κ2) is 8.49. The van der Waals surface area contributed by atoms with E-state index in [4.69, 9.17) is 16.3 Å². The Kier molecular flexibility index (Phi) is 6.05. The van der Waals surface area contributed by atoms with Crippen LogP contribution in [-0.4, -0.2) is 32.7 Å². The number of aromatic amines is 1. The molecule has 1 amide bonds. The number of benzene rings is 2. The zero-order chi connectivity index (χ0) is 20.3. The summed E-state index contributed by atoms with van der Waals surface area (Å²) in [5, 5.41) is 13.8. The van der Waals surface area contributed by atoms with E-state index >= 15 is 0 Å². The Bertz CT molecular complexity index is 1040. The number of carbonyl (C=O) groups excluding carboxylic acids is 1. The number of halogens is 1. The first-order valence-corrected chi connectivity index (χ1v) is 9.67. The highest BCUT2D eigenvalue weighted by Crippen LogP contribution is 2.29. The number of hydrogen-bond acceptors (Lipinski definition) is 6. The summed E-state index contributed by atoms with van der Waals surface area (Å²) in [7, 11) is 0. The van der Waals surface area contributed by atoms with Crippen LogP contribution in [0, 0.1) is 10.1 Å². The quantitative estimate of drug-likeness (QED) is 0.327. The minimum Gasteiger partial charge on any atom is -0.494 e. The Morgan fingerprint density at radius 1 is 1.39 bits per heavy atom. The van der Waals surface area contributed by atoms with E-state index in [1.54, 1.807) is 6.92 Å². The number of rotatable bonds is 7. The number of nitrogens with one attached hydrogen (secondary N) is 2. The Labute approximate surface area is 169 Å². The van der Waals surface area contributed by atoms with Gasteiger partial charge < -0.3 is 15.0 Å². The second-order valence-electron chi connectivity index (χ2n) is 5.82. The molecule has 0 saturated carbocycles. The molecule has 28 heavy (non-hydrogen) atoms. The predicted molar refractivity (Wildman–Crippen MR) is 109 cm³/mol. The number of non-ortho nitro benzene ring substituents is 1. The fourth-order valence-electron chi connectivity index (χ4n) is 2.46. The summed E-state index contributed by atoms with van der Waals surface area (Å²) in [6, 6.07) is 9.41. The average molecular weight is 421 g/mol. The first kappa shape index (κ1) is 20.0. The number of fused-ring (bicyclic) bond motifs is 1. The monoisotopic (exact) mass is 420 g/mol. The highest BCUT2D eigenvalue weighted by Gasteiger charge is 2.19. The molecule has 0 saturated heterocycles. The molecular formula is C18H17ClN4O4S. The van der Waals surface area contributed by atoms with Gasteiger partial charge >= 0.3 is 0 Å². The smallest absolute Gasteiger partial charge is 0.271 e. The van der Waals surface area contributed by atoms with Gasteiger partial charge in [-0.1, -0.05) is 23.4 Å². The van der Waals surface area contributed by atoms with E-state index in [2.05, 4.69) is 15.3 Å². The molecule has 3 aromatic rings. The van der Waals surface area contributed by atoms with Gasteiger partial charge in [-0.3, -0.25) is 14.9 Å². The van der Waals surface area contributed by atoms with Crippen LogP contribution < -0.4 is 10.1 Å². The van der Waals surface area contributed by atoms with Gasteiger partial charge in [0.1, 0.15) is 5.75 Å². The first-order chi connectivity index (χ1) is 13.4. The maximum absolute atomic E-state index is 12.5. The van der Waals surface area contributed by atoms with E-state index in [1.807, 2.05) is 25.1 Å². The molecule has 0 aliphatic heterocycles. The number of nitro groups is 1. The molecule has 8 nitrogen and oxygen atoms in total. The van der Waals surface area contributed by atoms with Crippen LogP contribution in [-0.2, 0) is 4.79 Å². The van der Waals surface area contributed by atoms with Crippen LogP contribution in [0.2, 0.25) is 5.02 Å². The summed E-state index contributed by atoms with van der Waals surface area (Å²) in [6.45, 7) is 4.19. The molecule has 3 rings (SSSR count). The van der Waals surface area contributed by atoms with Crippen LogP contribution in [0.25, 0.3) is 11.0 Å².